The van der Waals surface area contributed by atoms with Gasteiger partial charge in [0, 0.05) is 23.4 Å². The van der Waals surface area contributed by atoms with E-state index in [9.17, 15) is 14.0 Å². The van der Waals surface area contributed by atoms with Crippen LogP contribution in [0.3, 0.4) is 0 Å². The second-order valence-electron chi connectivity index (χ2n) is 3.88. The highest BCUT2D eigenvalue weighted by Gasteiger charge is 2.53. The van der Waals surface area contributed by atoms with Crippen LogP contribution < -0.4 is 0 Å². The van der Waals surface area contributed by atoms with Crippen LogP contribution in [0.15, 0.2) is 18.2 Å². The standard InChI is InChI=1S/C11H8ClFO3/c12-7-2-1-3-8(13)9(7)11(10(15)16)4-6(14)5-11/h1-3H,4-5H2,(H,15,16). The summed E-state index contributed by atoms with van der Waals surface area (Å²) in [7, 11) is 0. The highest BCUT2D eigenvalue weighted by Crippen LogP contribution is 2.45. The van der Waals surface area contributed by atoms with E-state index >= 15 is 0 Å². The fourth-order valence-corrected chi connectivity index (χ4v) is 2.36. The van der Waals surface area contributed by atoms with E-state index in [1.54, 1.807) is 0 Å². The summed E-state index contributed by atoms with van der Waals surface area (Å²) in [6.45, 7) is 0. The number of hydrogen-bond donors (Lipinski definition) is 1. The molecular formula is C11H8ClFO3. The fraction of sp³-hybridized carbons (Fsp3) is 0.273. The molecule has 0 atom stereocenters. The molecule has 2 rings (SSSR count). The molecule has 1 aromatic rings. The van der Waals surface area contributed by atoms with Crippen molar-refractivity contribution in [3.05, 3.63) is 34.6 Å². The van der Waals surface area contributed by atoms with Crippen molar-refractivity contribution in [1.29, 1.82) is 0 Å². The zero-order valence-corrected chi connectivity index (χ0v) is 8.92. The van der Waals surface area contributed by atoms with Crippen molar-refractivity contribution in [3.63, 3.8) is 0 Å². The van der Waals surface area contributed by atoms with E-state index < -0.39 is 17.2 Å². The van der Waals surface area contributed by atoms with Crippen molar-refractivity contribution in [3.8, 4) is 0 Å². The van der Waals surface area contributed by atoms with Crippen molar-refractivity contribution in [2.45, 2.75) is 18.3 Å². The number of rotatable bonds is 2. The highest BCUT2D eigenvalue weighted by atomic mass is 35.5. The molecule has 0 aliphatic heterocycles. The van der Waals surface area contributed by atoms with Gasteiger partial charge in [-0.1, -0.05) is 17.7 Å². The lowest BCUT2D eigenvalue weighted by atomic mass is 9.63. The second-order valence-corrected chi connectivity index (χ2v) is 4.28. The van der Waals surface area contributed by atoms with Crippen LogP contribution in [-0.2, 0) is 15.0 Å². The summed E-state index contributed by atoms with van der Waals surface area (Å²) in [4.78, 5) is 22.2. The normalized spacial score (nSPS) is 18.0. The molecule has 0 aromatic heterocycles. The molecule has 0 spiro atoms. The van der Waals surface area contributed by atoms with Gasteiger partial charge in [-0.05, 0) is 12.1 Å². The van der Waals surface area contributed by atoms with Gasteiger partial charge >= 0.3 is 5.97 Å². The summed E-state index contributed by atoms with van der Waals surface area (Å²) < 4.78 is 13.6. The third kappa shape index (κ3) is 1.41. The van der Waals surface area contributed by atoms with Gasteiger partial charge in [-0.2, -0.15) is 0 Å². The van der Waals surface area contributed by atoms with Gasteiger partial charge < -0.3 is 5.11 Å². The van der Waals surface area contributed by atoms with Gasteiger partial charge in [-0.25, -0.2) is 4.39 Å². The molecule has 0 unspecified atom stereocenters. The molecule has 1 aromatic carbocycles. The molecule has 1 aliphatic rings. The first-order valence-electron chi connectivity index (χ1n) is 4.67. The number of Topliss-reactive ketones (excluding diaryl/α,β-unsaturated/α-hetero) is 1. The van der Waals surface area contributed by atoms with Gasteiger partial charge in [0.2, 0.25) is 0 Å². The SMILES string of the molecule is O=C1CC(C(=O)O)(c2c(F)cccc2Cl)C1. The smallest absolute Gasteiger partial charge is 0.315 e. The Labute approximate surface area is 95.8 Å². The quantitative estimate of drug-likeness (QED) is 0.865. The van der Waals surface area contributed by atoms with Crippen LogP contribution in [0.2, 0.25) is 5.02 Å². The van der Waals surface area contributed by atoms with Gasteiger partial charge in [0.1, 0.15) is 17.0 Å². The molecule has 5 heteroatoms. The monoisotopic (exact) mass is 242 g/mol. The van der Waals surface area contributed by atoms with Crippen molar-refractivity contribution in [2.75, 3.05) is 0 Å². The Kier molecular flexibility index (Phi) is 2.46. The van der Waals surface area contributed by atoms with E-state index in [2.05, 4.69) is 0 Å². The van der Waals surface area contributed by atoms with E-state index in [0.717, 1.165) is 6.07 Å². The molecule has 1 aliphatic carbocycles. The molecule has 84 valence electrons. The number of benzene rings is 1. The first-order chi connectivity index (χ1) is 7.47. The summed E-state index contributed by atoms with van der Waals surface area (Å²) in [5.41, 5.74) is -1.55. The highest BCUT2D eigenvalue weighted by molar-refractivity contribution is 6.32. The Morgan fingerprint density at radius 2 is 2.06 bits per heavy atom. The van der Waals surface area contributed by atoms with E-state index in [1.807, 2.05) is 0 Å². The number of carbonyl (C=O) groups is 2. The Hall–Kier alpha value is -1.42. The summed E-state index contributed by atoms with van der Waals surface area (Å²) in [5.74, 6) is -2.08. The number of halogens is 2. The van der Waals surface area contributed by atoms with Gasteiger partial charge in [0.25, 0.3) is 0 Å². The first-order valence-corrected chi connectivity index (χ1v) is 5.05. The van der Waals surface area contributed by atoms with Crippen molar-refractivity contribution < 1.29 is 19.1 Å². The second kappa shape index (κ2) is 3.56. The van der Waals surface area contributed by atoms with Crippen LogP contribution in [-0.4, -0.2) is 16.9 Å². The molecule has 1 N–H and O–H groups in total. The maximum absolute atomic E-state index is 13.6. The number of ketones is 1. The molecule has 0 radical (unpaired) electrons. The minimum Gasteiger partial charge on any atom is -0.481 e. The molecule has 0 saturated heterocycles. The summed E-state index contributed by atoms with van der Waals surface area (Å²) in [6, 6.07) is 3.97. The largest absolute Gasteiger partial charge is 0.481 e. The fourth-order valence-electron chi connectivity index (χ4n) is 2.01. The zero-order valence-electron chi connectivity index (χ0n) is 8.17. The summed E-state index contributed by atoms with van der Waals surface area (Å²) in [6.07, 6.45) is -0.383. The van der Waals surface area contributed by atoms with Crippen LogP contribution >= 0.6 is 11.6 Å². The van der Waals surface area contributed by atoms with Crippen molar-refractivity contribution in [1.82, 2.24) is 0 Å². The van der Waals surface area contributed by atoms with E-state index in [-0.39, 0.29) is 29.2 Å². The van der Waals surface area contributed by atoms with E-state index in [0.29, 0.717) is 0 Å². The molecule has 3 nitrogen and oxygen atoms in total. The van der Waals surface area contributed by atoms with Crippen LogP contribution in [0.1, 0.15) is 18.4 Å². The van der Waals surface area contributed by atoms with Crippen LogP contribution in [0, 0.1) is 5.82 Å². The van der Waals surface area contributed by atoms with Gasteiger partial charge in [-0.15, -0.1) is 0 Å². The molecule has 16 heavy (non-hydrogen) atoms. The van der Waals surface area contributed by atoms with E-state index in [1.165, 1.54) is 12.1 Å². The number of carboxylic acid groups (broad SMARTS) is 1. The maximum atomic E-state index is 13.6. The van der Waals surface area contributed by atoms with Gasteiger partial charge in [-0.3, -0.25) is 9.59 Å². The third-order valence-electron chi connectivity index (χ3n) is 2.85. The van der Waals surface area contributed by atoms with Gasteiger partial charge in [0.05, 0.1) is 0 Å². The molecular weight excluding hydrogens is 235 g/mol. The Balaban J connectivity index is 2.57. The third-order valence-corrected chi connectivity index (χ3v) is 3.16. The van der Waals surface area contributed by atoms with Crippen molar-refractivity contribution in [2.24, 2.45) is 0 Å². The Morgan fingerprint density at radius 1 is 1.44 bits per heavy atom. The lowest BCUT2D eigenvalue weighted by Crippen LogP contribution is -2.49. The van der Waals surface area contributed by atoms with Crippen LogP contribution in [0.5, 0.6) is 0 Å². The average Bonchev–Trinajstić information content (AvgIpc) is 2.13. The Morgan fingerprint density at radius 3 is 2.50 bits per heavy atom. The zero-order chi connectivity index (χ0) is 11.9. The molecule has 0 amide bonds. The van der Waals surface area contributed by atoms with E-state index in [4.69, 9.17) is 16.7 Å². The number of hydrogen-bond acceptors (Lipinski definition) is 2. The average molecular weight is 243 g/mol. The lowest BCUT2D eigenvalue weighted by molar-refractivity contribution is -0.153. The maximum Gasteiger partial charge on any atom is 0.315 e. The van der Waals surface area contributed by atoms with Gasteiger partial charge in [0.15, 0.2) is 0 Å². The lowest BCUT2D eigenvalue weighted by Gasteiger charge is -2.37. The Bertz CT molecular complexity index is 456. The van der Waals surface area contributed by atoms with Crippen molar-refractivity contribution >= 4 is 23.4 Å². The van der Waals surface area contributed by atoms with Crippen LogP contribution in [0.25, 0.3) is 0 Å². The minimum absolute atomic E-state index is 0.0508. The first kappa shape index (κ1) is 11.1. The molecule has 1 saturated carbocycles. The topological polar surface area (TPSA) is 54.4 Å². The predicted molar refractivity (Wildman–Crippen MR) is 55.0 cm³/mol. The summed E-state index contributed by atoms with van der Waals surface area (Å²) in [5, 5.41) is 9.18. The molecule has 1 fully saturated rings. The summed E-state index contributed by atoms with van der Waals surface area (Å²) >= 11 is 5.80. The van der Waals surface area contributed by atoms with Crippen LogP contribution in [0.4, 0.5) is 4.39 Å². The molecule has 0 heterocycles. The molecule has 0 bridgehead atoms. The number of carboxylic acids is 1. The number of aliphatic carboxylic acids is 1. The predicted octanol–water partition coefficient (Wildman–Crippen LogP) is 2.16. The minimum atomic E-state index is -1.47. The number of carbonyl (C=O) groups excluding carboxylic acids is 1.